The lowest BCUT2D eigenvalue weighted by Gasteiger charge is -2.15. The van der Waals surface area contributed by atoms with Gasteiger partial charge in [0.25, 0.3) is 11.8 Å². The summed E-state index contributed by atoms with van der Waals surface area (Å²) in [4.78, 5) is 26.1. The van der Waals surface area contributed by atoms with Crippen molar-refractivity contribution < 1.29 is 23.5 Å². The van der Waals surface area contributed by atoms with Gasteiger partial charge in [0, 0.05) is 11.3 Å². The number of halogens is 5. The molecule has 0 fully saturated rings. The standard InChI is InChI=1S/C30H23Cl4FN2O4/c1-15-4-9-24(36-29(38)18-13-21(33)27(40-2)22(34)14-18)17(10-15)11-16-5-8-23(35)25(12-16)37-30(39)26-19(31)6-7-20(32)28(26)41-3/h4-10,12-14H,11H2,1-3H3,(H,36,38)(H,37,39). The number of aryl methyl sites for hydroxylation is 1. The van der Waals surface area contributed by atoms with E-state index < -0.39 is 17.6 Å². The fourth-order valence-electron chi connectivity index (χ4n) is 4.20. The van der Waals surface area contributed by atoms with E-state index in [0.717, 1.165) is 11.1 Å². The first-order valence-corrected chi connectivity index (χ1v) is 13.6. The average molecular weight is 636 g/mol. The third kappa shape index (κ3) is 6.88. The van der Waals surface area contributed by atoms with Crippen molar-refractivity contribution in [3.63, 3.8) is 0 Å². The first-order valence-electron chi connectivity index (χ1n) is 12.1. The summed E-state index contributed by atoms with van der Waals surface area (Å²) < 4.78 is 25.2. The molecule has 212 valence electrons. The van der Waals surface area contributed by atoms with Gasteiger partial charge < -0.3 is 20.1 Å². The quantitative estimate of drug-likeness (QED) is 0.203. The average Bonchev–Trinajstić information content (AvgIpc) is 2.92. The van der Waals surface area contributed by atoms with Crippen molar-refractivity contribution in [3.05, 3.63) is 114 Å². The second-order valence-corrected chi connectivity index (χ2v) is 10.6. The summed E-state index contributed by atoms with van der Waals surface area (Å²) in [5.74, 6) is -1.42. The number of carbonyl (C=O) groups excluding carboxylic acids is 2. The third-order valence-corrected chi connectivity index (χ3v) is 7.31. The van der Waals surface area contributed by atoms with Crippen LogP contribution in [0.15, 0.2) is 60.7 Å². The van der Waals surface area contributed by atoms with Crippen LogP contribution in [-0.4, -0.2) is 26.0 Å². The maximum absolute atomic E-state index is 14.8. The van der Waals surface area contributed by atoms with Crippen molar-refractivity contribution in [2.45, 2.75) is 13.3 Å². The molecule has 0 heterocycles. The Hall–Kier alpha value is -3.49. The molecule has 0 atom stereocenters. The van der Waals surface area contributed by atoms with Gasteiger partial charge in [0.05, 0.1) is 40.0 Å². The van der Waals surface area contributed by atoms with Gasteiger partial charge in [0.1, 0.15) is 11.4 Å². The zero-order chi connectivity index (χ0) is 29.8. The fourth-order valence-corrected chi connectivity index (χ4v) is 5.31. The molecular weight excluding hydrogens is 613 g/mol. The van der Waals surface area contributed by atoms with Gasteiger partial charge in [-0.2, -0.15) is 0 Å². The lowest BCUT2D eigenvalue weighted by atomic mass is 10.00. The summed E-state index contributed by atoms with van der Waals surface area (Å²) in [7, 11) is 2.78. The highest BCUT2D eigenvalue weighted by Crippen LogP contribution is 2.36. The summed E-state index contributed by atoms with van der Waals surface area (Å²) in [5.41, 5.74) is 3.07. The Morgan fingerprint density at radius 2 is 1.37 bits per heavy atom. The topological polar surface area (TPSA) is 76.7 Å². The Morgan fingerprint density at radius 3 is 2.02 bits per heavy atom. The van der Waals surface area contributed by atoms with E-state index in [-0.39, 0.29) is 48.4 Å². The normalized spacial score (nSPS) is 10.7. The van der Waals surface area contributed by atoms with Gasteiger partial charge in [0.15, 0.2) is 11.5 Å². The minimum absolute atomic E-state index is 0.0195. The maximum atomic E-state index is 14.8. The first kappa shape index (κ1) is 30.5. The molecule has 0 aromatic heterocycles. The van der Waals surface area contributed by atoms with Crippen LogP contribution < -0.4 is 20.1 Å². The Morgan fingerprint density at radius 1 is 0.732 bits per heavy atom. The van der Waals surface area contributed by atoms with E-state index in [4.69, 9.17) is 55.9 Å². The van der Waals surface area contributed by atoms with Gasteiger partial charge in [-0.15, -0.1) is 0 Å². The van der Waals surface area contributed by atoms with Crippen molar-refractivity contribution in [1.29, 1.82) is 0 Å². The molecule has 0 aliphatic carbocycles. The van der Waals surface area contributed by atoms with E-state index >= 15 is 0 Å². The monoisotopic (exact) mass is 634 g/mol. The van der Waals surface area contributed by atoms with Crippen LogP contribution in [0.5, 0.6) is 11.5 Å². The van der Waals surface area contributed by atoms with Crippen molar-refractivity contribution in [3.8, 4) is 11.5 Å². The van der Waals surface area contributed by atoms with Gasteiger partial charge in [-0.1, -0.05) is 70.2 Å². The molecule has 0 saturated carbocycles. The summed E-state index contributed by atoms with van der Waals surface area (Å²) in [6, 6.07) is 15.8. The van der Waals surface area contributed by atoms with Gasteiger partial charge >= 0.3 is 0 Å². The van der Waals surface area contributed by atoms with Crippen LogP contribution in [0.25, 0.3) is 0 Å². The molecule has 6 nitrogen and oxygen atoms in total. The smallest absolute Gasteiger partial charge is 0.261 e. The number of amides is 2. The first-order chi connectivity index (χ1) is 19.5. The van der Waals surface area contributed by atoms with Crippen LogP contribution in [0.2, 0.25) is 20.1 Å². The van der Waals surface area contributed by atoms with E-state index in [0.29, 0.717) is 17.7 Å². The van der Waals surface area contributed by atoms with Crippen LogP contribution in [0.3, 0.4) is 0 Å². The Balaban J connectivity index is 1.60. The minimum atomic E-state index is -0.689. The number of methoxy groups -OCH3 is 2. The lowest BCUT2D eigenvalue weighted by Crippen LogP contribution is -2.15. The highest BCUT2D eigenvalue weighted by Gasteiger charge is 2.21. The molecule has 0 aliphatic rings. The van der Waals surface area contributed by atoms with Gasteiger partial charge in [-0.05, 0) is 66.9 Å². The van der Waals surface area contributed by atoms with E-state index in [2.05, 4.69) is 10.6 Å². The van der Waals surface area contributed by atoms with Crippen molar-refractivity contribution in [1.82, 2.24) is 0 Å². The van der Waals surface area contributed by atoms with E-state index in [1.54, 1.807) is 12.1 Å². The summed E-state index contributed by atoms with van der Waals surface area (Å²) in [6.07, 6.45) is 0.311. The molecule has 0 unspecified atom stereocenters. The number of nitrogens with one attached hydrogen (secondary N) is 2. The van der Waals surface area contributed by atoms with Gasteiger partial charge in [-0.3, -0.25) is 9.59 Å². The van der Waals surface area contributed by atoms with E-state index in [9.17, 15) is 14.0 Å². The Kier molecular flexibility index (Phi) is 9.66. The molecule has 4 aromatic carbocycles. The van der Waals surface area contributed by atoms with Crippen LogP contribution in [0.4, 0.5) is 15.8 Å². The molecule has 0 saturated heterocycles. The predicted molar refractivity (Wildman–Crippen MR) is 162 cm³/mol. The lowest BCUT2D eigenvalue weighted by molar-refractivity contribution is 0.101. The molecule has 11 heteroatoms. The summed E-state index contributed by atoms with van der Waals surface area (Å²) in [6.45, 7) is 1.91. The Labute approximate surface area is 256 Å². The molecule has 0 bridgehead atoms. The molecule has 0 spiro atoms. The minimum Gasteiger partial charge on any atom is -0.494 e. The molecule has 2 N–H and O–H groups in total. The number of anilines is 2. The second-order valence-electron chi connectivity index (χ2n) is 8.97. The second kappa shape index (κ2) is 13.0. The van der Waals surface area contributed by atoms with Crippen LogP contribution in [0.1, 0.15) is 37.4 Å². The number of hydrogen-bond donors (Lipinski definition) is 2. The highest BCUT2D eigenvalue weighted by molar-refractivity contribution is 6.38. The van der Waals surface area contributed by atoms with E-state index in [1.807, 2.05) is 19.1 Å². The van der Waals surface area contributed by atoms with Gasteiger partial charge in [-0.25, -0.2) is 4.39 Å². The zero-order valence-electron chi connectivity index (χ0n) is 22.0. The fraction of sp³-hybridized carbons (Fsp3) is 0.133. The molecule has 0 aliphatic heterocycles. The van der Waals surface area contributed by atoms with Crippen molar-refractivity contribution in [2.75, 3.05) is 24.9 Å². The molecule has 0 radical (unpaired) electrons. The summed E-state index contributed by atoms with van der Waals surface area (Å²) >= 11 is 24.8. The number of hydrogen-bond acceptors (Lipinski definition) is 4. The number of carbonyl (C=O) groups is 2. The molecule has 2 amide bonds. The third-order valence-electron chi connectivity index (χ3n) is 6.14. The largest absolute Gasteiger partial charge is 0.494 e. The van der Waals surface area contributed by atoms with Crippen molar-refractivity contribution >= 4 is 69.6 Å². The van der Waals surface area contributed by atoms with Crippen LogP contribution in [0, 0.1) is 12.7 Å². The molecular formula is C30H23Cl4FN2O4. The number of rotatable bonds is 8. The molecule has 4 aromatic rings. The molecule has 4 rings (SSSR count). The van der Waals surface area contributed by atoms with Gasteiger partial charge in [0.2, 0.25) is 0 Å². The number of benzene rings is 4. The SMILES string of the molecule is COc1c(Cl)cc(C(=O)Nc2ccc(C)cc2Cc2ccc(F)c(NC(=O)c3c(Cl)ccc(Cl)c3OC)c2)cc1Cl. The predicted octanol–water partition coefficient (Wildman–Crippen LogP) is 8.86. The Bertz CT molecular complexity index is 1640. The summed E-state index contributed by atoms with van der Waals surface area (Å²) in [5, 5.41) is 6.12. The zero-order valence-corrected chi connectivity index (χ0v) is 25.0. The van der Waals surface area contributed by atoms with Crippen molar-refractivity contribution in [2.24, 2.45) is 0 Å². The van der Waals surface area contributed by atoms with Crippen LogP contribution in [-0.2, 0) is 6.42 Å². The van der Waals surface area contributed by atoms with Crippen LogP contribution >= 0.6 is 46.4 Å². The highest BCUT2D eigenvalue weighted by atomic mass is 35.5. The maximum Gasteiger partial charge on any atom is 0.261 e. The van der Waals surface area contributed by atoms with E-state index in [1.165, 1.54) is 50.6 Å². The molecule has 41 heavy (non-hydrogen) atoms. The number of ether oxygens (including phenoxy) is 2.